The fourth-order valence-electron chi connectivity index (χ4n) is 1.26. The summed E-state index contributed by atoms with van der Waals surface area (Å²) in [6.07, 6.45) is 1.31. The minimum atomic E-state index is 0.735. The van der Waals surface area contributed by atoms with Crippen molar-refractivity contribution in [3.8, 4) is 0 Å². The molecule has 1 aromatic rings. The van der Waals surface area contributed by atoms with E-state index in [1.165, 1.54) is 15.6 Å². The van der Waals surface area contributed by atoms with E-state index in [9.17, 15) is 0 Å². The van der Waals surface area contributed by atoms with Gasteiger partial charge in [0.25, 0.3) is 0 Å². The number of hydrogen-bond donors (Lipinski definition) is 0. The van der Waals surface area contributed by atoms with Crippen LogP contribution in [0.5, 0.6) is 0 Å². The molecule has 0 radical (unpaired) electrons. The summed E-state index contributed by atoms with van der Waals surface area (Å²) in [7, 11) is 0. The van der Waals surface area contributed by atoms with Crippen LogP contribution in [0.15, 0.2) is 24.3 Å². The first-order chi connectivity index (χ1) is 5.29. The number of rotatable bonds is 1. The fourth-order valence-corrected chi connectivity index (χ4v) is 2.74. The lowest BCUT2D eigenvalue weighted by Crippen LogP contribution is -1.85. The van der Waals surface area contributed by atoms with Crippen molar-refractivity contribution in [2.45, 2.75) is 17.2 Å². The van der Waals surface area contributed by atoms with Crippen LogP contribution in [0.3, 0.4) is 0 Å². The third-order valence-electron chi connectivity index (χ3n) is 2.02. The summed E-state index contributed by atoms with van der Waals surface area (Å²) in [4.78, 5) is 0.735. The van der Waals surface area contributed by atoms with Gasteiger partial charge in [-0.15, -0.1) is 0 Å². The van der Waals surface area contributed by atoms with E-state index >= 15 is 0 Å². The molecule has 1 aromatic carbocycles. The Kier molecular flexibility index (Phi) is 2.23. The molecule has 0 spiro atoms. The molecular weight excluding hydrogens is 315 g/mol. The van der Waals surface area contributed by atoms with Gasteiger partial charge in [0, 0.05) is 8.40 Å². The Morgan fingerprint density at radius 1 is 1.36 bits per heavy atom. The molecule has 1 aliphatic rings. The van der Waals surface area contributed by atoms with Gasteiger partial charge >= 0.3 is 0 Å². The molecule has 1 saturated carbocycles. The molecule has 0 heterocycles. The molecule has 0 nitrogen and oxygen atoms in total. The topological polar surface area (TPSA) is 0 Å². The first kappa shape index (κ1) is 8.05. The summed E-state index contributed by atoms with van der Waals surface area (Å²) in [5.74, 6) is 0.781. The minimum absolute atomic E-state index is 0.735. The average molecular weight is 323 g/mol. The lowest BCUT2D eigenvalue weighted by atomic mass is 10.1. The van der Waals surface area contributed by atoms with Gasteiger partial charge in [-0.3, -0.25) is 0 Å². The van der Waals surface area contributed by atoms with E-state index in [2.05, 4.69) is 62.8 Å². The van der Waals surface area contributed by atoms with E-state index in [4.69, 9.17) is 0 Å². The van der Waals surface area contributed by atoms with Gasteiger partial charge in [-0.05, 0) is 46.6 Å². The predicted molar refractivity (Wildman–Crippen MR) is 59.2 cm³/mol. The lowest BCUT2D eigenvalue weighted by molar-refractivity contribution is 1.12. The van der Waals surface area contributed by atoms with Crippen LogP contribution in [0.1, 0.15) is 17.9 Å². The monoisotopic (exact) mass is 322 g/mol. The van der Waals surface area contributed by atoms with Crippen molar-refractivity contribution >= 4 is 38.5 Å². The van der Waals surface area contributed by atoms with Gasteiger partial charge in [0.05, 0.1) is 0 Å². The van der Waals surface area contributed by atoms with Crippen molar-refractivity contribution < 1.29 is 0 Å². The molecule has 58 valence electrons. The maximum absolute atomic E-state index is 3.62. The maximum Gasteiger partial charge on any atom is 0.0221 e. The average Bonchev–Trinajstić information content (AvgIpc) is 2.68. The summed E-state index contributed by atoms with van der Waals surface area (Å²) in [6.45, 7) is 0. The molecule has 2 rings (SSSR count). The zero-order valence-corrected chi connectivity index (χ0v) is 9.67. The molecule has 0 aromatic heterocycles. The fraction of sp³-hybridized carbons (Fsp3) is 0.333. The van der Waals surface area contributed by atoms with E-state index < -0.39 is 0 Å². The molecule has 2 atom stereocenters. The van der Waals surface area contributed by atoms with Gasteiger partial charge in [-0.2, -0.15) is 0 Å². The van der Waals surface area contributed by atoms with Crippen LogP contribution in [-0.2, 0) is 0 Å². The second-order valence-electron chi connectivity index (χ2n) is 2.88. The van der Waals surface area contributed by atoms with Gasteiger partial charge in [0.2, 0.25) is 0 Å². The van der Waals surface area contributed by atoms with Crippen LogP contribution in [-0.4, -0.2) is 4.83 Å². The van der Waals surface area contributed by atoms with Crippen LogP contribution in [0.2, 0.25) is 0 Å². The zero-order chi connectivity index (χ0) is 7.84. The smallest absolute Gasteiger partial charge is 0.0221 e. The maximum atomic E-state index is 3.62. The SMILES string of the molecule is BrC1CC1c1ccccc1I. The molecule has 0 saturated heterocycles. The predicted octanol–water partition coefficient (Wildman–Crippen LogP) is 3.54. The van der Waals surface area contributed by atoms with Crippen LogP contribution >= 0.6 is 38.5 Å². The molecule has 11 heavy (non-hydrogen) atoms. The first-order valence-electron chi connectivity index (χ1n) is 3.67. The molecule has 0 N–H and O–H groups in total. The molecular formula is C9H8BrI. The van der Waals surface area contributed by atoms with Crippen LogP contribution < -0.4 is 0 Å². The van der Waals surface area contributed by atoms with Gasteiger partial charge in [-0.1, -0.05) is 34.1 Å². The molecule has 2 heteroatoms. The molecule has 0 aliphatic heterocycles. The normalized spacial score (nSPS) is 28.5. The first-order valence-corrected chi connectivity index (χ1v) is 5.67. The van der Waals surface area contributed by atoms with Crippen LogP contribution in [0.25, 0.3) is 0 Å². The third-order valence-corrected chi connectivity index (χ3v) is 4.01. The van der Waals surface area contributed by atoms with Crippen molar-refractivity contribution in [3.63, 3.8) is 0 Å². The number of benzene rings is 1. The highest BCUT2D eigenvalue weighted by Gasteiger charge is 2.36. The van der Waals surface area contributed by atoms with Crippen molar-refractivity contribution in [2.75, 3.05) is 0 Å². The highest BCUT2D eigenvalue weighted by molar-refractivity contribution is 14.1. The summed E-state index contributed by atoms with van der Waals surface area (Å²) in [6, 6.07) is 8.62. The Hall–Kier alpha value is 0.430. The molecule has 0 amide bonds. The summed E-state index contributed by atoms with van der Waals surface area (Å²) >= 11 is 6.02. The zero-order valence-electron chi connectivity index (χ0n) is 5.93. The Balaban J connectivity index is 2.31. The van der Waals surface area contributed by atoms with Crippen molar-refractivity contribution in [2.24, 2.45) is 0 Å². The summed E-state index contributed by atoms with van der Waals surface area (Å²) in [5, 5.41) is 0. The lowest BCUT2D eigenvalue weighted by Gasteiger charge is -1.99. The van der Waals surface area contributed by atoms with Crippen LogP contribution in [0.4, 0.5) is 0 Å². The van der Waals surface area contributed by atoms with Crippen LogP contribution in [0, 0.1) is 3.57 Å². The minimum Gasteiger partial charge on any atom is -0.0884 e. The quantitative estimate of drug-likeness (QED) is 0.548. The summed E-state index contributed by atoms with van der Waals surface area (Å²) in [5.41, 5.74) is 1.51. The molecule has 0 bridgehead atoms. The standard InChI is InChI=1S/C9H8BrI/c10-8-5-7(8)6-3-1-2-4-9(6)11/h1-4,7-8H,5H2. The van der Waals surface area contributed by atoms with E-state index in [0.717, 1.165) is 10.7 Å². The van der Waals surface area contributed by atoms with Gasteiger partial charge in [-0.25, -0.2) is 0 Å². The van der Waals surface area contributed by atoms with E-state index in [1.807, 2.05) is 0 Å². The van der Waals surface area contributed by atoms with Crippen molar-refractivity contribution in [1.29, 1.82) is 0 Å². The molecule has 2 unspecified atom stereocenters. The second kappa shape index (κ2) is 3.05. The number of hydrogen-bond acceptors (Lipinski definition) is 0. The molecule has 1 fully saturated rings. The number of halogens is 2. The Bertz CT molecular complexity index is 272. The van der Waals surface area contributed by atoms with E-state index in [-0.39, 0.29) is 0 Å². The van der Waals surface area contributed by atoms with E-state index in [0.29, 0.717) is 0 Å². The van der Waals surface area contributed by atoms with E-state index in [1.54, 1.807) is 0 Å². The third kappa shape index (κ3) is 1.61. The molecule has 1 aliphatic carbocycles. The van der Waals surface area contributed by atoms with Gasteiger partial charge in [0.1, 0.15) is 0 Å². The van der Waals surface area contributed by atoms with Crippen molar-refractivity contribution in [1.82, 2.24) is 0 Å². The Morgan fingerprint density at radius 3 is 2.55 bits per heavy atom. The highest BCUT2D eigenvalue weighted by Crippen LogP contribution is 2.47. The second-order valence-corrected chi connectivity index (χ2v) is 5.22. The van der Waals surface area contributed by atoms with Gasteiger partial charge < -0.3 is 0 Å². The number of alkyl halides is 1. The Morgan fingerprint density at radius 2 is 2.00 bits per heavy atom. The summed E-state index contributed by atoms with van der Waals surface area (Å²) < 4.78 is 1.40. The highest BCUT2D eigenvalue weighted by atomic mass is 127. The largest absolute Gasteiger partial charge is 0.0884 e. The van der Waals surface area contributed by atoms with Crippen molar-refractivity contribution in [3.05, 3.63) is 33.4 Å². The van der Waals surface area contributed by atoms with Gasteiger partial charge in [0.15, 0.2) is 0 Å². The Labute approximate surface area is 88.6 Å².